The summed E-state index contributed by atoms with van der Waals surface area (Å²) in [4.78, 5) is 28.6. The Morgan fingerprint density at radius 1 is 1.17 bits per heavy atom. The van der Waals surface area contributed by atoms with E-state index >= 15 is 0 Å². The van der Waals surface area contributed by atoms with E-state index in [0.717, 1.165) is 0 Å². The maximum Gasteiger partial charge on any atom is 0.339 e. The number of pyridine rings is 1. The van der Waals surface area contributed by atoms with Gasteiger partial charge in [0.15, 0.2) is 5.75 Å². The summed E-state index contributed by atoms with van der Waals surface area (Å²) in [7, 11) is 0. The van der Waals surface area contributed by atoms with Crippen molar-refractivity contribution in [2.24, 2.45) is 5.41 Å². The molecule has 0 amide bonds. The van der Waals surface area contributed by atoms with Crippen molar-refractivity contribution in [1.29, 1.82) is 0 Å². The lowest BCUT2D eigenvalue weighted by atomic mass is 9.96. The Morgan fingerprint density at radius 3 is 2.50 bits per heavy atom. The molecule has 0 unspecified atom stereocenters. The van der Waals surface area contributed by atoms with Crippen molar-refractivity contribution in [2.45, 2.75) is 27.7 Å². The Hall–Kier alpha value is -3.48. The number of fused-ring (bicyclic) bond motifs is 1. The first kappa shape index (κ1) is 21.2. The second-order valence-corrected chi connectivity index (χ2v) is 7.79. The number of nitrogens with zero attached hydrogens (tertiary/aromatic N) is 1. The molecule has 6 nitrogen and oxygen atoms in total. The van der Waals surface area contributed by atoms with Crippen LogP contribution in [0.3, 0.4) is 0 Å². The Morgan fingerprint density at radius 2 is 1.90 bits per heavy atom. The molecular weight excluding hydrogens is 387 g/mol. The third-order valence-electron chi connectivity index (χ3n) is 4.48. The molecule has 0 radical (unpaired) electrons. The normalized spacial score (nSPS) is 11.4. The first-order valence-corrected chi connectivity index (χ1v) is 9.50. The predicted molar refractivity (Wildman–Crippen MR) is 113 cm³/mol. The van der Waals surface area contributed by atoms with Crippen molar-refractivity contribution < 1.29 is 23.5 Å². The second kappa shape index (κ2) is 8.10. The zero-order valence-electron chi connectivity index (χ0n) is 17.3. The summed E-state index contributed by atoms with van der Waals surface area (Å²) < 4.78 is 25.1. The molecule has 156 valence electrons. The molecule has 2 aromatic carbocycles. The van der Waals surface area contributed by atoms with Crippen molar-refractivity contribution in [2.75, 3.05) is 12.3 Å². The fraction of sp³-hybridized carbons (Fsp3) is 0.261. The summed E-state index contributed by atoms with van der Waals surface area (Å²) in [6.07, 6.45) is 1.38. The van der Waals surface area contributed by atoms with Gasteiger partial charge in [-0.2, -0.15) is 0 Å². The van der Waals surface area contributed by atoms with Gasteiger partial charge in [0.2, 0.25) is 0 Å². The van der Waals surface area contributed by atoms with E-state index in [1.807, 2.05) is 0 Å². The van der Waals surface area contributed by atoms with Crippen molar-refractivity contribution >= 4 is 28.4 Å². The van der Waals surface area contributed by atoms with Crippen LogP contribution in [0.1, 0.15) is 38.1 Å². The number of nitrogen functional groups attached to an aromatic ring is 1. The average molecular weight is 410 g/mol. The minimum absolute atomic E-state index is 0.0348. The van der Waals surface area contributed by atoms with Crippen LogP contribution < -0.4 is 10.5 Å². The van der Waals surface area contributed by atoms with E-state index in [2.05, 4.69) is 4.98 Å². The van der Waals surface area contributed by atoms with E-state index in [9.17, 15) is 14.0 Å². The molecule has 2 N–H and O–H groups in total. The van der Waals surface area contributed by atoms with Crippen molar-refractivity contribution in [1.82, 2.24) is 4.98 Å². The zero-order chi connectivity index (χ0) is 22.1. The Kier molecular flexibility index (Phi) is 5.73. The number of rotatable bonds is 4. The molecule has 0 bridgehead atoms. The minimum Gasteiger partial charge on any atom is -0.462 e. The number of anilines is 1. The monoisotopic (exact) mass is 410 g/mol. The van der Waals surface area contributed by atoms with Gasteiger partial charge < -0.3 is 15.2 Å². The van der Waals surface area contributed by atoms with E-state index in [0.29, 0.717) is 22.2 Å². The molecule has 3 aromatic rings. The van der Waals surface area contributed by atoms with Gasteiger partial charge >= 0.3 is 11.9 Å². The number of benzene rings is 2. The summed E-state index contributed by atoms with van der Waals surface area (Å²) in [5.74, 6) is -1.46. The first-order valence-electron chi connectivity index (χ1n) is 9.50. The summed E-state index contributed by atoms with van der Waals surface area (Å²) >= 11 is 0. The van der Waals surface area contributed by atoms with Gasteiger partial charge in [0.05, 0.1) is 29.0 Å². The zero-order valence-corrected chi connectivity index (χ0v) is 17.3. The van der Waals surface area contributed by atoms with Gasteiger partial charge in [0, 0.05) is 17.1 Å². The Balaban J connectivity index is 2.16. The standard InChI is InChI=1S/C23H23FN2O4/c1-5-29-21(27)13-9-10-17(26-12-13)15-11-18(30-22(28)23(2,3)4)20(25)19-14(15)7-6-8-16(19)24/h6-12H,5,25H2,1-4H3. The van der Waals surface area contributed by atoms with Crippen LogP contribution in [0.2, 0.25) is 0 Å². The highest BCUT2D eigenvalue weighted by Gasteiger charge is 2.26. The average Bonchev–Trinajstić information content (AvgIpc) is 2.69. The lowest BCUT2D eigenvalue weighted by Gasteiger charge is -2.19. The Bertz CT molecular complexity index is 1120. The van der Waals surface area contributed by atoms with Gasteiger partial charge in [-0.25, -0.2) is 9.18 Å². The van der Waals surface area contributed by atoms with E-state index in [4.69, 9.17) is 15.2 Å². The van der Waals surface area contributed by atoms with Crippen molar-refractivity contribution in [3.8, 4) is 17.0 Å². The van der Waals surface area contributed by atoms with E-state index in [1.165, 1.54) is 12.3 Å². The second-order valence-electron chi connectivity index (χ2n) is 7.79. The number of halogens is 1. The van der Waals surface area contributed by atoms with Gasteiger partial charge in [-0.05, 0) is 57.3 Å². The highest BCUT2D eigenvalue weighted by molar-refractivity contribution is 6.05. The van der Waals surface area contributed by atoms with Crippen LogP contribution in [0.25, 0.3) is 22.0 Å². The van der Waals surface area contributed by atoms with Crippen LogP contribution in [0, 0.1) is 11.2 Å². The fourth-order valence-corrected chi connectivity index (χ4v) is 2.87. The SMILES string of the molecule is CCOC(=O)c1ccc(-c2cc(OC(=O)C(C)(C)C)c(N)c3c(F)cccc23)nc1. The van der Waals surface area contributed by atoms with Crippen LogP contribution in [0.5, 0.6) is 5.75 Å². The molecule has 7 heteroatoms. The molecule has 30 heavy (non-hydrogen) atoms. The molecular formula is C23H23FN2O4. The van der Waals surface area contributed by atoms with Crippen LogP contribution in [-0.2, 0) is 9.53 Å². The molecule has 0 aliphatic carbocycles. The number of hydrogen-bond acceptors (Lipinski definition) is 6. The topological polar surface area (TPSA) is 91.5 Å². The van der Waals surface area contributed by atoms with Gasteiger partial charge in [-0.3, -0.25) is 9.78 Å². The molecule has 3 rings (SSSR count). The summed E-state index contributed by atoms with van der Waals surface area (Å²) in [6, 6.07) is 9.32. The Labute approximate surface area is 173 Å². The largest absolute Gasteiger partial charge is 0.462 e. The van der Waals surface area contributed by atoms with Gasteiger partial charge in [-0.15, -0.1) is 0 Å². The molecule has 0 saturated heterocycles. The van der Waals surface area contributed by atoms with Gasteiger partial charge in [0.25, 0.3) is 0 Å². The van der Waals surface area contributed by atoms with Crippen LogP contribution in [0.4, 0.5) is 10.1 Å². The number of esters is 2. The summed E-state index contributed by atoms with van der Waals surface area (Å²) in [5.41, 5.74) is 6.70. The van der Waals surface area contributed by atoms with Gasteiger partial charge in [0.1, 0.15) is 5.82 Å². The molecule has 0 aliphatic heterocycles. The molecule has 0 atom stereocenters. The maximum absolute atomic E-state index is 14.6. The minimum atomic E-state index is -0.768. The molecule has 0 fully saturated rings. The molecule has 1 heterocycles. The third-order valence-corrected chi connectivity index (χ3v) is 4.48. The summed E-state index contributed by atoms with van der Waals surface area (Å²) in [5, 5.41) is 0.655. The molecule has 1 aromatic heterocycles. The number of carbonyl (C=O) groups is 2. The number of ether oxygens (including phenoxy) is 2. The fourth-order valence-electron chi connectivity index (χ4n) is 2.87. The van der Waals surface area contributed by atoms with Gasteiger partial charge in [-0.1, -0.05) is 12.1 Å². The quantitative estimate of drug-likeness (QED) is 0.379. The number of nitrogens with two attached hydrogens (primary N) is 1. The lowest BCUT2D eigenvalue weighted by Crippen LogP contribution is -2.26. The summed E-state index contributed by atoms with van der Waals surface area (Å²) in [6.45, 7) is 7.11. The molecule has 0 aliphatic rings. The predicted octanol–water partition coefficient (Wildman–Crippen LogP) is 4.75. The maximum atomic E-state index is 14.6. The van der Waals surface area contributed by atoms with Crippen LogP contribution in [-0.4, -0.2) is 23.5 Å². The van der Waals surface area contributed by atoms with Crippen molar-refractivity contribution in [3.05, 3.63) is 54.0 Å². The van der Waals surface area contributed by atoms with Crippen LogP contribution in [0.15, 0.2) is 42.6 Å². The highest BCUT2D eigenvalue weighted by atomic mass is 19.1. The molecule has 0 saturated carbocycles. The van der Waals surface area contributed by atoms with Crippen molar-refractivity contribution in [3.63, 3.8) is 0 Å². The smallest absolute Gasteiger partial charge is 0.339 e. The number of hydrogen-bond donors (Lipinski definition) is 1. The number of carbonyl (C=O) groups excluding carboxylic acids is 2. The van der Waals surface area contributed by atoms with E-state index in [1.54, 1.807) is 58.0 Å². The van der Waals surface area contributed by atoms with Crippen LogP contribution >= 0.6 is 0 Å². The third kappa shape index (κ3) is 4.10. The highest BCUT2D eigenvalue weighted by Crippen LogP contribution is 2.40. The van der Waals surface area contributed by atoms with E-state index < -0.39 is 23.2 Å². The first-order chi connectivity index (χ1) is 14.1. The molecule has 0 spiro atoms. The van der Waals surface area contributed by atoms with E-state index in [-0.39, 0.29) is 23.4 Å². The number of aromatic nitrogens is 1. The lowest BCUT2D eigenvalue weighted by molar-refractivity contribution is -0.142.